The number of nitrogens with zero attached hydrogens (tertiary/aromatic N) is 2. The van der Waals surface area contributed by atoms with E-state index in [1.165, 1.54) is 4.68 Å². The van der Waals surface area contributed by atoms with Crippen LogP contribution in [0, 0.1) is 13.8 Å². The fourth-order valence-corrected chi connectivity index (χ4v) is 4.30. The molecule has 0 radical (unpaired) electrons. The summed E-state index contributed by atoms with van der Waals surface area (Å²) in [5, 5.41) is 6.62. The number of fused-ring (bicyclic) bond motifs is 1. The number of carbonyl (C=O) groups is 2. The van der Waals surface area contributed by atoms with Gasteiger partial charge in [-0.05, 0) is 69.9 Å². The molecule has 0 bridgehead atoms. The second kappa shape index (κ2) is 7.49. The average Bonchev–Trinajstić information content (AvgIpc) is 3.30. The summed E-state index contributed by atoms with van der Waals surface area (Å²) in [6.45, 7) is 9.29. The van der Waals surface area contributed by atoms with Gasteiger partial charge in [-0.2, -0.15) is 5.10 Å². The van der Waals surface area contributed by atoms with Gasteiger partial charge in [-0.3, -0.25) is 4.79 Å². The van der Waals surface area contributed by atoms with Crippen LogP contribution >= 0.6 is 0 Å². The number of rotatable bonds is 3. The molecule has 0 spiro atoms. The van der Waals surface area contributed by atoms with Crippen molar-refractivity contribution in [2.45, 2.75) is 58.5 Å². The van der Waals surface area contributed by atoms with Crippen LogP contribution in [0.1, 0.15) is 55.4 Å². The van der Waals surface area contributed by atoms with Crippen molar-refractivity contribution >= 4 is 22.6 Å². The van der Waals surface area contributed by atoms with Crippen molar-refractivity contribution in [3.05, 3.63) is 77.1 Å². The topological polar surface area (TPSA) is 61.2 Å². The molecular weight excluding hydrogens is 388 g/mol. The minimum atomic E-state index is -0.903. The summed E-state index contributed by atoms with van der Waals surface area (Å²) in [5.41, 5.74) is 1.51. The molecule has 160 valence electrons. The third-order valence-corrected chi connectivity index (χ3v) is 5.76. The Morgan fingerprint density at radius 1 is 1.03 bits per heavy atom. The Hall–Kier alpha value is -3.21. The summed E-state index contributed by atoms with van der Waals surface area (Å²) in [6, 6.07) is 16.1. The van der Waals surface area contributed by atoms with Crippen LogP contribution in [0.25, 0.3) is 10.8 Å². The van der Waals surface area contributed by atoms with Crippen molar-refractivity contribution in [3.63, 3.8) is 0 Å². The maximum atomic E-state index is 13.9. The molecule has 5 heteroatoms. The lowest BCUT2D eigenvalue weighted by molar-refractivity contribution is -0.150. The predicted octanol–water partition coefficient (Wildman–Crippen LogP) is 5.29. The van der Waals surface area contributed by atoms with Gasteiger partial charge in [-0.25, -0.2) is 9.48 Å². The Morgan fingerprint density at radius 2 is 1.74 bits per heavy atom. The van der Waals surface area contributed by atoms with Crippen LogP contribution < -0.4 is 0 Å². The molecule has 3 aromatic rings. The maximum Gasteiger partial charge on any atom is 0.334 e. The molecular formula is C26H28N2O3. The monoisotopic (exact) mass is 416 g/mol. The molecule has 0 aliphatic heterocycles. The van der Waals surface area contributed by atoms with E-state index in [0.717, 1.165) is 27.7 Å². The average molecular weight is 417 g/mol. The normalized spacial score (nSPS) is 18.8. The summed E-state index contributed by atoms with van der Waals surface area (Å²) in [7, 11) is 0. The number of allylic oxidation sites excluding steroid dienone is 1. The zero-order valence-electron chi connectivity index (χ0n) is 18.7. The largest absolute Gasteiger partial charge is 0.457 e. The lowest BCUT2D eigenvalue weighted by Gasteiger charge is -2.29. The molecule has 0 saturated heterocycles. The fourth-order valence-electron chi connectivity index (χ4n) is 4.30. The Balaban J connectivity index is 1.79. The zero-order valence-corrected chi connectivity index (χ0v) is 18.7. The molecule has 1 heterocycles. The molecule has 4 rings (SSSR count). The SMILES string of the molecule is Cc1cc(C)n(C(=O)[C@@]2(c3ccc4ccccc4c3)CC=C(C(=O)OC(C)(C)C)C2)n1. The molecule has 0 unspecified atom stereocenters. The lowest BCUT2D eigenvalue weighted by atomic mass is 9.76. The number of aromatic nitrogens is 2. The van der Waals surface area contributed by atoms with Crippen molar-refractivity contribution in [2.75, 3.05) is 0 Å². The molecule has 2 aromatic carbocycles. The van der Waals surface area contributed by atoms with Gasteiger partial charge in [-0.1, -0.05) is 48.5 Å². The summed E-state index contributed by atoms with van der Waals surface area (Å²) in [6.07, 6.45) is 2.57. The third kappa shape index (κ3) is 3.92. The first-order chi connectivity index (χ1) is 14.6. The molecule has 5 nitrogen and oxygen atoms in total. The Kier molecular flexibility index (Phi) is 5.08. The molecule has 1 aliphatic carbocycles. The number of hydrogen-bond donors (Lipinski definition) is 0. The smallest absolute Gasteiger partial charge is 0.334 e. The summed E-state index contributed by atoms with van der Waals surface area (Å²) < 4.78 is 7.08. The van der Waals surface area contributed by atoms with Crippen LogP contribution in [0.5, 0.6) is 0 Å². The van der Waals surface area contributed by atoms with Crippen molar-refractivity contribution < 1.29 is 14.3 Å². The van der Waals surface area contributed by atoms with Gasteiger partial charge in [0.2, 0.25) is 0 Å². The number of esters is 1. The van der Waals surface area contributed by atoms with E-state index in [2.05, 4.69) is 11.2 Å². The molecule has 0 N–H and O–H groups in total. The van der Waals surface area contributed by atoms with Gasteiger partial charge in [-0.15, -0.1) is 0 Å². The van der Waals surface area contributed by atoms with E-state index in [0.29, 0.717) is 12.0 Å². The van der Waals surface area contributed by atoms with Crippen molar-refractivity contribution in [1.82, 2.24) is 9.78 Å². The van der Waals surface area contributed by atoms with E-state index in [1.54, 1.807) is 0 Å². The van der Waals surface area contributed by atoms with E-state index in [-0.39, 0.29) is 18.3 Å². The van der Waals surface area contributed by atoms with Crippen LogP contribution in [-0.4, -0.2) is 27.3 Å². The van der Waals surface area contributed by atoms with E-state index in [4.69, 9.17) is 4.74 Å². The Bertz CT molecular complexity index is 1210. The van der Waals surface area contributed by atoms with Gasteiger partial charge in [0, 0.05) is 11.3 Å². The Labute approximate surface area is 182 Å². The predicted molar refractivity (Wildman–Crippen MR) is 121 cm³/mol. The minimum Gasteiger partial charge on any atom is -0.457 e. The first-order valence-corrected chi connectivity index (χ1v) is 10.6. The highest BCUT2D eigenvalue weighted by Gasteiger charge is 2.47. The van der Waals surface area contributed by atoms with E-state index in [9.17, 15) is 9.59 Å². The van der Waals surface area contributed by atoms with Crippen LogP contribution in [0.3, 0.4) is 0 Å². The second-order valence-corrected chi connectivity index (χ2v) is 9.40. The molecule has 0 saturated carbocycles. The number of hydrogen-bond acceptors (Lipinski definition) is 4. The number of ether oxygens (including phenoxy) is 1. The van der Waals surface area contributed by atoms with Gasteiger partial charge >= 0.3 is 5.97 Å². The highest BCUT2D eigenvalue weighted by atomic mass is 16.6. The maximum absolute atomic E-state index is 13.9. The lowest BCUT2D eigenvalue weighted by Crippen LogP contribution is -2.39. The van der Waals surface area contributed by atoms with Crippen LogP contribution in [0.2, 0.25) is 0 Å². The molecule has 1 aliphatic rings. The first-order valence-electron chi connectivity index (χ1n) is 10.6. The number of carbonyl (C=O) groups excluding carboxylic acids is 2. The van der Waals surface area contributed by atoms with Gasteiger partial charge < -0.3 is 4.74 Å². The van der Waals surface area contributed by atoms with E-state index in [1.807, 2.05) is 83.2 Å². The third-order valence-electron chi connectivity index (χ3n) is 5.76. The van der Waals surface area contributed by atoms with Gasteiger partial charge in [0.15, 0.2) is 0 Å². The van der Waals surface area contributed by atoms with Crippen molar-refractivity contribution in [1.29, 1.82) is 0 Å². The Morgan fingerprint density at radius 3 is 2.39 bits per heavy atom. The van der Waals surface area contributed by atoms with Crippen LogP contribution in [-0.2, 0) is 14.9 Å². The van der Waals surface area contributed by atoms with Crippen molar-refractivity contribution in [3.8, 4) is 0 Å². The molecule has 1 aromatic heterocycles. The first kappa shape index (κ1) is 21.0. The summed E-state index contributed by atoms with van der Waals surface area (Å²) >= 11 is 0. The highest BCUT2D eigenvalue weighted by Crippen LogP contribution is 2.43. The van der Waals surface area contributed by atoms with Gasteiger partial charge in [0.05, 0.1) is 11.1 Å². The van der Waals surface area contributed by atoms with Crippen LogP contribution in [0.4, 0.5) is 0 Å². The van der Waals surface area contributed by atoms with E-state index < -0.39 is 11.0 Å². The second-order valence-electron chi connectivity index (χ2n) is 9.40. The van der Waals surface area contributed by atoms with Crippen LogP contribution in [0.15, 0.2) is 60.2 Å². The molecule has 0 amide bonds. The minimum absolute atomic E-state index is 0.122. The van der Waals surface area contributed by atoms with Gasteiger partial charge in [0.1, 0.15) is 5.60 Å². The molecule has 1 atom stereocenters. The fraction of sp³-hybridized carbons (Fsp3) is 0.346. The van der Waals surface area contributed by atoms with Gasteiger partial charge in [0.25, 0.3) is 5.91 Å². The summed E-state index contributed by atoms with van der Waals surface area (Å²) in [5.74, 6) is -0.487. The standard InChI is InChI=1S/C26H28N2O3/c1-17-14-18(2)28(27-17)24(30)26(13-12-21(16-26)23(29)31-25(3,4)5)22-11-10-19-8-6-7-9-20(19)15-22/h6-12,14-15H,13,16H2,1-5H3/t26-/m0/s1. The van der Waals surface area contributed by atoms with E-state index >= 15 is 0 Å². The van der Waals surface area contributed by atoms with Crippen molar-refractivity contribution in [2.24, 2.45) is 0 Å². The summed E-state index contributed by atoms with van der Waals surface area (Å²) in [4.78, 5) is 26.7. The number of aryl methyl sites for hydroxylation is 2. The highest BCUT2D eigenvalue weighted by molar-refractivity contribution is 5.98. The quantitative estimate of drug-likeness (QED) is 0.544. The molecule has 0 fully saturated rings. The molecule has 31 heavy (non-hydrogen) atoms. The zero-order chi connectivity index (χ0) is 22.4. The number of benzene rings is 2.